The molecule has 0 bridgehead atoms. The summed E-state index contributed by atoms with van der Waals surface area (Å²) in [5, 5.41) is 10.8. The number of fused-ring (bicyclic) bond motifs is 1. The van der Waals surface area contributed by atoms with Crippen LogP contribution in [-0.4, -0.2) is 45.0 Å². The molecule has 0 radical (unpaired) electrons. The molecule has 0 spiro atoms. The fourth-order valence-corrected chi connectivity index (χ4v) is 4.81. The van der Waals surface area contributed by atoms with Gasteiger partial charge < -0.3 is 0 Å². The van der Waals surface area contributed by atoms with Crippen molar-refractivity contribution in [1.29, 1.82) is 0 Å². The summed E-state index contributed by atoms with van der Waals surface area (Å²) in [5.41, 5.74) is -1.02. The Kier molecular flexibility index (Phi) is 7.59. The number of nitrogens with zero attached hydrogens (tertiary/aromatic N) is 3. The number of halogens is 5. The van der Waals surface area contributed by atoms with Crippen molar-refractivity contribution in [3.8, 4) is 0 Å². The van der Waals surface area contributed by atoms with Crippen LogP contribution in [0.15, 0.2) is 53.0 Å². The summed E-state index contributed by atoms with van der Waals surface area (Å²) >= 11 is 27.8. The number of carbonyl (C=O) groups excluding carboxylic acids is 4. The van der Waals surface area contributed by atoms with Gasteiger partial charge in [-0.15, -0.1) is 0 Å². The third-order valence-corrected chi connectivity index (χ3v) is 7.67. The first kappa shape index (κ1) is 27.0. The van der Waals surface area contributed by atoms with Crippen molar-refractivity contribution < 1.29 is 24.1 Å². The molecule has 1 aliphatic rings. The number of amides is 3. The van der Waals surface area contributed by atoms with Crippen LogP contribution >= 0.6 is 62.3 Å². The van der Waals surface area contributed by atoms with Gasteiger partial charge in [-0.05, 0) is 24.3 Å². The Morgan fingerprint density at radius 2 is 1.27 bits per heavy atom. The largest absolute Gasteiger partial charge is 0.292 e. The van der Waals surface area contributed by atoms with Crippen LogP contribution in [-0.2, 0) is 0 Å². The standard InChI is InChI=1S/C23H10BrCl4N3O6/c24-12-5-1-10(2-6-12)14(32)9-29(21(33)11-3-7-13(8-4-11)31(36)37)30-22(34)15-16(23(30)35)18(26)20(28)19(27)17(15)25/h1-8H,9H2. The summed E-state index contributed by atoms with van der Waals surface area (Å²) in [7, 11) is 0. The average Bonchev–Trinajstić information content (AvgIpc) is 3.14. The Morgan fingerprint density at radius 3 is 1.73 bits per heavy atom. The van der Waals surface area contributed by atoms with Crippen molar-refractivity contribution in [2.45, 2.75) is 0 Å². The second kappa shape index (κ2) is 10.4. The van der Waals surface area contributed by atoms with Crippen molar-refractivity contribution in [3.05, 3.63) is 105 Å². The average molecular weight is 646 g/mol. The molecule has 0 atom stereocenters. The van der Waals surface area contributed by atoms with E-state index < -0.39 is 35.0 Å². The predicted octanol–water partition coefficient (Wildman–Crippen LogP) is 6.51. The quantitative estimate of drug-likeness (QED) is 0.0754. The molecule has 0 aromatic heterocycles. The number of imide groups is 1. The van der Waals surface area contributed by atoms with E-state index in [9.17, 15) is 29.3 Å². The number of hydrogen-bond donors (Lipinski definition) is 0. The summed E-state index contributed by atoms with van der Waals surface area (Å²) in [6.45, 7) is -0.750. The highest BCUT2D eigenvalue weighted by Gasteiger charge is 2.46. The Bertz CT molecular complexity index is 1470. The van der Waals surface area contributed by atoms with Crippen molar-refractivity contribution in [3.63, 3.8) is 0 Å². The van der Waals surface area contributed by atoms with E-state index in [1.165, 1.54) is 12.1 Å². The summed E-state index contributed by atoms with van der Waals surface area (Å²) in [4.78, 5) is 63.7. The van der Waals surface area contributed by atoms with Crippen molar-refractivity contribution in [2.75, 3.05) is 6.54 Å². The van der Waals surface area contributed by atoms with Crippen LogP contribution in [0, 0.1) is 10.1 Å². The SMILES string of the molecule is O=C(CN(C(=O)c1ccc([N+](=O)[O-])cc1)N1C(=O)c2c(Cl)c(Cl)c(Cl)c(Cl)c2C1=O)c1ccc(Br)cc1. The van der Waals surface area contributed by atoms with E-state index >= 15 is 0 Å². The third-order valence-electron chi connectivity index (χ3n) is 5.34. The van der Waals surface area contributed by atoms with Crippen LogP contribution in [0.1, 0.15) is 41.4 Å². The van der Waals surface area contributed by atoms with Gasteiger partial charge >= 0.3 is 0 Å². The van der Waals surface area contributed by atoms with Gasteiger partial charge in [0.25, 0.3) is 23.4 Å². The summed E-state index contributed by atoms with van der Waals surface area (Å²) in [6, 6.07) is 10.6. The number of carbonyl (C=O) groups is 4. The Balaban J connectivity index is 1.81. The first-order valence-electron chi connectivity index (χ1n) is 10.0. The highest BCUT2D eigenvalue weighted by molar-refractivity contribution is 9.10. The minimum absolute atomic E-state index is 0.140. The number of benzene rings is 3. The lowest BCUT2D eigenvalue weighted by atomic mass is 10.1. The number of hydrazine groups is 1. The van der Waals surface area contributed by atoms with Crippen LogP contribution < -0.4 is 0 Å². The number of hydrogen-bond acceptors (Lipinski definition) is 6. The molecule has 1 heterocycles. The number of rotatable bonds is 6. The van der Waals surface area contributed by atoms with Gasteiger partial charge in [-0.3, -0.25) is 29.3 Å². The van der Waals surface area contributed by atoms with Crippen LogP contribution in [0.25, 0.3) is 0 Å². The molecule has 4 rings (SSSR count). The lowest BCUT2D eigenvalue weighted by Gasteiger charge is -2.29. The first-order valence-corrected chi connectivity index (χ1v) is 12.3. The third kappa shape index (κ3) is 4.83. The number of ketones is 1. The van der Waals surface area contributed by atoms with Gasteiger partial charge in [0.1, 0.15) is 6.54 Å². The second-order valence-electron chi connectivity index (χ2n) is 7.52. The van der Waals surface area contributed by atoms with E-state index in [0.717, 1.165) is 24.3 Å². The van der Waals surface area contributed by atoms with Gasteiger partial charge in [0.2, 0.25) is 0 Å². The van der Waals surface area contributed by atoms with Crippen molar-refractivity contribution in [1.82, 2.24) is 10.0 Å². The first-order chi connectivity index (χ1) is 17.4. The van der Waals surface area contributed by atoms with Crippen LogP contribution in [0.3, 0.4) is 0 Å². The topological polar surface area (TPSA) is 118 Å². The highest BCUT2D eigenvalue weighted by atomic mass is 79.9. The Hall–Kier alpha value is -3.02. The minimum Gasteiger partial charge on any atom is -0.292 e. The molecule has 3 aromatic rings. The lowest BCUT2D eigenvalue weighted by molar-refractivity contribution is -0.384. The predicted molar refractivity (Wildman–Crippen MR) is 140 cm³/mol. The van der Waals surface area contributed by atoms with Crippen LogP contribution in [0.4, 0.5) is 5.69 Å². The molecule has 0 saturated carbocycles. The van der Waals surface area contributed by atoms with E-state index in [0.29, 0.717) is 14.5 Å². The van der Waals surface area contributed by atoms with E-state index in [4.69, 9.17) is 46.4 Å². The molecule has 0 saturated heterocycles. The fraction of sp³-hybridized carbons (Fsp3) is 0.0435. The van der Waals surface area contributed by atoms with Crippen molar-refractivity contribution >= 4 is 91.5 Å². The molecule has 37 heavy (non-hydrogen) atoms. The molecular weight excluding hydrogens is 636 g/mol. The maximum Gasteiger partial charge on any atom is 0.282 e. The zero-order valence-electron chi connectivity index (χ0n) is 18.0. The Labute approximate surface area is 236 Å². The maximum atomic E-state index is 13.5. The molecule has 188 valence electrons. The Morgan fingerprint density at radius 1 is 0.811 bits per heavy atom. The number of nitro benzene ring substituents is 1. The zero-order chi connectivity index (χ0) is 27.2. The monoisotopic (exact) mass is 643 g/mol. The normalized spacial score (nSPS) is 12.5. The summed E-state index contributed by atoms with van der Waals surface area (Å²) < 4.78 is 0.696. The molecule has 0 fully saturated rings. The minimum atomic E-state index is -1.07. The van der Waals surface area contributed by atoms with Gasteiger partial charge in [-0.1, -0.05) is 74.5 Å². The van der Waals surface area contributed by atoms with Crippen LogP contribution in [0.5, 0.6) is 0 Å². The molecule has 3 amide bonds. The van der Waals surface area contributed by atoms with Gasteiger partial charge in [0.15, 0.2) is 5.78 Å². The number of nitro groups is 1. The molecule has 14 heteroatoms. The lowest BCUT2D eigenvalue weighted by Crippen LogP contribution is -2.51. The molecule has 1 aliphatic heterocycles. The van der Waals surface area contributed by atoms with Gasteiger partial charge in [0.05, 0.1) is 36.1 Å². The van der Waals surface area contributed by atoms with E-state index in [2.05, 4.69) is 15.9 Å². The molecular formula is C23H10BrCl4N3O6. The van der Waals surface area contributed by atoms with Gasteiger partial charge in [-0.2, -0.15) is 5.01 Å². The molecule has 3 aromatic carbocycles. The summed E-state index contributed by atoms with van der Waals surface area (Å²) in [6.07, 6.45) is 0. The smallest absolute Gasteiger partial charge is 0.282 e. The number of Topliss-reactive ketones (excluding diaryl/α,β-unsaturated/α-hetero) is 1. The molecule has 0 unspecified atom stereocenters. The molecule has 0 aliphatic carbocycles. The van der Waals surface area contributed by atoms with Crippen molar-refractivity contribution in [2.24, 2.45) is 0 Å². The van der Waals surface area contributed by atoms with Gasteiger partial charge in [0, 0.05) is 27.7 Å². The van der Waals surface area contributed by atoms with E-state index in [-0.39, 0.29) is 48.0 Å². The fourth-order valence-electron chi connectivity index (χ4n) is 3.53. The zero-order valence-corrected chi connectivity index (χ0v) is 22.6. The highest BCUT2D eigenvalue weighted by Crippen LogP contribution is 2.45. The van der Waals surface area contributed by atoms with Gasteiger partial charge in [-0.25, -0.2) is 5.01 Å². The maximum absolute atomic E-state index is 13.5. The second-order valence-corrected chi connectivity index (χ2v) is 9.95. The van der Waals surface area contributed by atoms with E-state index in [1.807, 2.05) is 0 Å². The number of non-ortho nitro benzene ring substituents is 1. The summed E-state index contributed by atoms with van der Waals surface area (Å²) in [5.74, 6) is -3.72. The molecule has 0 N–H and O–H groups in total. The van der Waals surface area contributed by atoms with E-state index in [1.54, 1.807) is 12.1 Å². The van der Waals surface area contributed by atoms with Crippen LogP contribution in [0.2, 0.25) is 20.1 Å². The molecule has 9 nitrogen and oxygen atoms in total.